The Balaban J connectivity index is 1.59. The lowest BCUT2D eigenvalue weighted by Crippen LogP contribution is -2.36. The van der Waals surface area contributed by atoms with E-state index < -0.39 is 0 Å². The number of aromatic nitrogens is 1. The van der Waals surface area contributed by atoms with Crippen molar-refractivity contribution in [3.05, 3.63) is 60.0 Å². The number of benzene rings is 1. The van der Waals surface area contributed by atoms with Crippen LogP contribution in [0.1, 0.15) is 31.2 Å². The molecule has 25 heavy (non-hydrogen) atoms. The number of pyridine rings is 1. The van der Waals surface area contributed by atoms with E-state index in [1.807, 2.05) is 56.3 Å². The van der Waals surface area contributed by atoms with E-state index in [2.05, 4.69) is 15.6 Å². The van der Waals surface area contributed by atoms with Gasteiger partial charge in [0.05, 0.1) is 12.6 Å². The molecule has 0 aliphatic heterocycles. The Morgan fingerprint density at radius 3 is 2.92 bits per heavy atom. The highest BCUT2D eigenvalue weighted by Crippen LogP contribution is 2.23. The van der Waals surface area contributed by atoms with Crippen LogP contribution in [0.2, 0.25) is 0 Å². The first kappa shape index (κ1) is 16.8. The van der Waals surface area contributed by atoms with Gasteiger partial charge in [-0.15, -0.1) is 0 Å². The third-order valence-corrected chi connectivity index (χ3v) is 3.79. The molecular formula is C19H21N3O3. The van der Waals surface area contributed by atoms with E-state index in [9.17, 15) is 4.79 Å². The number of hydrogen-bond donors (Lipinski definition) is 2. The summed E-state index contributed by atoms with van der Waals surface area (Å²) in [5.41, 5.74) is 1.64. The summed E-state index contributed by atoms with van der Waals surface area (Å²) in [6.07, 6.45) is 1.66. The van der Waals surface area contributed by atoms with Gasteiger partial charge in [-0.25, -0.2) is 9.78 Å². The van der Waals surface area contributed by atoms with E-state index in [1.165, 1.54) is 0 Å². The van der Waals surface area contributed by atoms with Gasteiger partial charge in [0.1, 0.15) is 11.3 Å². The van der Waals surface area contributed by atoms with E-state index in [-0.39, 0.29) is 12.1 Å². The quantitative estimate of drug-likeness (QED) is 0.716. The summed E-state index contributed by atoms with van der Waals surface area (Å²) in [7, 11) is 0. The molecule has 1 unspecified atom stereocenters. The molecule has 6 heteroatoms. The summed E-state index contributed by atoms with van der Waals surface area (Å²) in [5, 5.41) is 6.71. The zero-order valence-corrected chi connectivity index (χ0v) is 14.3. The molecule has 1 aromatic carbocycles. The fourth-order valence-corrected chi connectivity index (χ4v) is 2.54. The lowest BCUT2D eigenvalue weighted by Gasteiger charge is -2.13. The molecule has 0 aliphatic carbocycles. The molecule has 2 aromatic heterocycles. The van der Waals surface area contributed by atoms with Gasteiger partial charge in [0, 0.05) is 23.7 Å². The van der Waals surface area contributed by atoms with Gasteiger partial charge in [0.25, 0.3) is 0 Å². The second-order valence-electron chi connectivity index (χ2n) is 5.64. The number of ether oxygens (including phenoxy) is 1. The van der Waals surface area contributed by atoms with Crippen LogP contribution in [-0.2, 0) is 6.54 Å². The van der Waals surface area contributed by atoms with Gasteiger partial charge in [-0.1, -0.05) is 24.3 Å². The van der Waals surface area contributed by atoms with Crippen molar-refractivity contribution in [2.75, 3.05) is 6.61 Å². The van der Waals surface area contributed by atoms with E-state index in [4.69, 9.17) is 9.15 Å². The molecule has 3 rings (SSSR count). The highest BCUT2D eigenvalue weighted by Gasteiger charge is 2.14. The van der Waals surface area contributed by atoms with Crippen LogP contribution in [-0.4, -0.2) is 17.6 Å². The number of fused-ring (bicyclic) bond motifs is 1. The molecule has 0 saturated heterocycles. The van der Waals surface area contributed by atoms with E-state index in [0.717, 1.165) is 16.5 Å². The Labute approximate surface area is 146 Å². The number of hydrogen-bond acceptors (Lipinski definition) is 4. The molecule has 0 aliphatic rings. The number of para-hydroxylation sites is 1. The smallest absolute Gasteiger partial charge is 0.315 e. The first-order valence-corrected chi connectivity index (χ1v) is 8.27. The lowest BCUT2D eigenvalue weighted by atomic mass is 10.2. The van der Waals surface area contributed by atoms with Gasteiger partial charge in [-0.2, -0.15) is 0 Å². The maximum absolute atomic E-state index is 12.2. The Morgan fingerprint density at radius 1 is 1.28 bits per heavy atom. The Bertz CT molecular complexity index is 827. The minimum absolute atomic E-state index is 0.243. The predicted molar refractivity (Wildman–Crippen MR) is 95.4 cm³/mol. The Morgan fingerprint density at radius 2 is 2.12 bits per heavy atom. The number of nitrogens with one attached hydrogen (secondary N) is 2. The predicted octanol–water partition coefficient (Wildman–Crippen LogP) is 3.79. The summed E-state index contributed by atoms with van der Waals surface area (Å²) in [4.78, 5) is 16.3. The third-order valence-electron chi connectivity index (χ3n) is 3.79. The minimum Gasteiger partial charge on any atom is -0.478 e. The van der Waals surface area contributed by atoms with Gasteiger partial charge in [-0.3, -0.25) is 0 Å². The molecule has 130 valence electrons. The van der Waals surface area contributed by atoms with Crippen molar-refractivity contribution in [3.63, 3.8) is 0 Å². The maximum atomic E-state index is 12.2. The average Bonchev–Trinajstić information content (AvgIpc) is 3.05. The Hall–Kier alpha value is -3.02. The van der Waals surface area contributed by atoms with Crippen molar-refractivity contribution >= 4 is 17.0 Å². The zero-order chi connectivity index (χ0) is 17.6. The first-order valence-electron chi connectivity index (χ1n) is 8.27. The molecule has 0 saturated carbocycles. The van der Waals surface area contributed by atoms with Crippen molar-refractivity contribution in [3.8, 4) is 5.88 Å². The highest BCUT2D eigenvalue weighted by atomic mass is 16.5. The summed E-state index contributed by atoms with van der Waals surface area (Å²) >= 11 is 0. The number of rotatable bonds is 6. The van der Waals surface area contributed by atoms with Gasteiger partial charge in [0.2, 0.25) is 5.88 Å². The summed E-state index contributed by atoms with van der Waals surface area (Å²) in [6.45, 7) is 4.64. The van der Waals surface area contributed by atoms with E-state index >= 15 is 0 Å². The summed E-state index contributed by atoms with van der Waals surface area (Å²) in [6, 6.07) is 12.9. The average molecular weight is 339 g/mol. The molecular weight excluding hydrogens is 318 g/mol. The van der Waals surface area contributed by atoms with Crippen molar-refractivity contribution < 1.29 is 13.9 Å². The first-order chi connectivity index (χ1) is 12.2. The van der Waals surface area contributed by atoms with E-state index in [1.54, 1.807) is 6.20 Å². The van der Waals surface area contributed by atoms with Crippen LogP contribution < -0.4 is 15.4 Å². The molecule has 3 aromatic rings. The molecule has 0 radical (unpaired) electrons. The molecule has 2 heterocycles. The minimum atomic E-state index is -0.278. The fourth-order valence-electron chi connectivity index (χ4n) is 2.54. The standard InChI is InChI=1S/C19H21N3O3/c1-3-24-18-15(8-6-10-20-18)12-21-19(23)22-13(2)17-11-14-7-4-5-9-16(14)25-17/h4-11,13H,3,12H2,1-2H3,(H2,21,22,23). The van der Waals surface area contributed by atoms with Gasteiger partial charge in [-0.05, 0) is 32.0 Å². The topological polar surface area (TPSA) is 76.4 Å². The monoisotopic (exact) mass is 339 g/mol. The van der Waals surface area contributed by atoms with Gasteiger partial charge < -0.3 is 19.8 Å². The number of furan rings is 1. The molecule has 2 N–H and O–H groups in total. The van der Waals surface area contributed by atoms with Crippen molar-refractivity contribution in [1.29, 1.82) is 0 Å². The molecule has 1 atom stereocenters. The van der Waals surface area contributed by atoms with Crippen molar-refractivity contribution in [2.24, 2.45) is 0 Å². The lowest BCUT2D eigenvalue weighted by molar-refractivity contribution is 0.235. The maximum Gasteiger partial charge on any atom is 0.315 e. The van der Waals surface area contributed by atoms with Crippen LogP contribution in [0.15, 0.2) is 53.1 Å². The molecule has 0 spiro atoms. The molecule has 0 bridgehead atoms. The van der Waals surface area contributed by atoms with Crippen LogP contribution >= 0.6 is 0 Å². The number of urea groups is 1. The molecule has 0 fully saturated rings. The second kappa shape index (κ2) is 7.70. The molecule has 6 nitrogen and oxygen atoms in total. The summed E-state index contributed by atoms with van der Waals surface area (Å²) < 4.78 is 11.2. The number of carbonyl (C=O) groups excluding carboxylic acids is 1. The highest BCUT2D eigenvalue weighted by molar-refractivity contribution is 5.78. The number of amides is 2. The normalized spacial score (nSPS) is 11.9. The number of nitrogens with zero attached hydrogens (tertiary/aromatic N) is 1. The van der Waals surface area contributed by atoms with Crippen LogP contribution in [0.4, 0.5) is 4.79 Å². The number of carbonyl (C=O) groups is 1. The van der Waals surface area contributed by atoms with Crippen LogP contribution in [0, 0.1) is 0 Å². The third kappa shape index (κ3) is 4.09. The zero-order valence-electron chi connectivity index (χ0n) is 14.3. The summed E-state index contributed by atoms with van der Waals surface area (Å²) in [5.74, 6) is 1.25. The van der Waals surface area contributed by atoms with Crippen LogP contribution in [0.25, 0.3) is 11.0 Å². The van der Waals surface area contributed by atoms with E-state index in [0.29, 0.717) is 24.8 Å². The Kier molecular flexibility index (Phi) is 5.18. The fraction of sp³-hybridized carbons (Fsp3) is 0.263. The second-order valence-corrected chi connectivity index (χ2v) is 5.64. The van der Waals surface area contributed by atoms with Gasteiger partial charge >= 0.3 is 6.03 Å². The van der Waals surface area contributed by atoms with Crippen molar-refractivity contribution in [1.82, 2.24) is 15.6 Å². The molecule has 2 amide bonds. The van der Waals surface area contributed by atoms with Crippen molar-refractivity contribution in [2.45, 2.75) is 26.4 Å². The largest absolute Gasteiger partial charge is 0.478 e. The SMILES string of the molecule is CCOc1ncccc1CNC(=O)NC(C)c1cc2ccccc2o1. The van der Waals surface area contributed by atoms with Gasteiger partial charge in [0.15, 0.2) is 0 Å². The van der Waals surface area contributed by atoms with Crippen LogP contribution in [0.3, 0.4) is 0 Å². The van der Waals surface area contributed by atoms with Crippen LogP contribution in [0.5, 0.6) is 5.88 Å².